The summed E-state index contributed by atoms with van der Waals surface area (Å²) in [5.74, 6) is 1.21. The summed E-state index contributed by atoms with van der Waals surface area (Å²) in [5, 5.41) is 3.44. The Morgan fingerprint density at radius 1 is 1.33 bits per heavy atom. The number of carbonyl (C=O) groups excluding carboxylic acids is 1. The molecule has 0 aliphatic carbocycles. The molecule has 1 aromatic carbocycles. The average molecular weight is 374 g/mol. The largest absolute Gasteiger partial charge is 0.493 e. The number of likely N-dealkylation sites (tertiary alicyclic amines) is 1. The van der Waals surface area contributed by atoms with E-state index in [-0.39, 0.29) is 11.9 Å². The first-order valence-corrected chi connectivity index (χ1v) is 10.3. The highest BCUT2D eigenvalue weighted by Gasteiger charge is 2.46. The number of benzene rings is 1. The molecule has 2 heterocycles. The van der Waals surface area contributed by atoms with E-state index in [1.807, 2.05) is 11.9 Å². The first kappa shape index (κ1) is 20.2. The van der Waals surface area contributed by atoms with Gasteiger partial charge in [-0.2, -0.15) is 0 Å². The molecule has 0 bridgehead atoms. The Kier molecular flexibility index (Phi) is 6.43. The number of aryl methyl sites for hydroxylation is 2. The second-order valence-corrected chi connectivity index (χ2v) is 8.62. The highest BCUT2D eigenvalue weighted by molar-refractivity contribution is 5.82. The Balaban J connectivity index is 1.46. The molecule has 2 aliphatic heterocycles. The summed E-state index contributed by atoms with van der Waals surface area (Å²) in [6, 6.07) is 6.30. The summed E-state index contributed by atoms with van der Waals surface area (Å²) in [5.41, 5.74) is 2.70. The summed E-state index contributed by atoms with van der Waals surface area (Å²) in [6.45, 7) is 8.73. The van der Waals surface area contributed by atoms with Crippen LogP contribution in [0.3, 0.4) is 0 Å². The maximum absolute atomic E-state index is 13.0. The number of carbonyl (C=O) groups is 1. The second kappa shape index (κ2) is 8.61. The summed E-state index contributed by atoms with van der Waals surface area (Å²) < 4.78 is 5.93. The van der Waals surface area contributed by atoms with E-state index in [9.17, 15) is 4.79 Å². The van der Waals surface area contributed by atoms with E-state index in [1.165, 1.54) is 18.4 Å². The van der Waals surface area contributed by atoms with Gasteiger partial charge in [-0.1, -0.05) is 12.1 Å². The molecule has 5 heteroatoms. The predicted molar refractivity (Wildman–Crippen MR) is 109 cm³/mol. The predicted octanol–water partition coefficient (Wildman–Crippen LogP) is 2.60. The van der Waals surface area contributed by atoms with Crippen molar-refractivity contribution in [3.05, 3.63) is 29.3 Å². The molecule has 2 aliphatic rings. The number of piperidine rings is 1. The fraction of sp³-hybridized carbons (Fsp3) is 0.682. The minimum atomic E-state index is 0.0352. The van der Waals surface area contributed by atoms with Gasteiger partial charge < -0.3 is 15.0 Å². The van der Waals surface area contributed by atoms with Crippen molar-refractivity contribution in [2.24, 2.45) is 5.41 Å². The van der Waals surface area contributed by atoms with Crippen molar-refractivity contribution >= 4 is 5.91 Å². The lowest BCUT2D eigenvalue weighted by atomic mass is 9.77. The Labute approximate surface area is 164 Å². The van der Waals surface area contributed by atoms with E-state index < -0.39 is 0 Å². The van der Waals surface area contributed by atoms with Crippen LogP contribution in [0, 0.1) is 19.3 Å². The molecule has 0 radical (unpaired) electrons. The third-order valence-corrected chi connectivity index (χ3v) is 6.31. The van der Waals surface area contributed by atoms with Crippen LogP contribution in [0.2, 0.25) is 0 Å². The van der Waals surface area contributed by atoms with Gasteiger partial charge in [-0.15, -0.1) is 0 Å². The van der Waals surface area contributed by atoms with Crippen LogP contribution in [0.25, 0.3) is 0 Å². The number of hydrogen-bond acceptors (Lipinski definition) is 4. The van der Waals surface area contributed by atoms with Crippen LogP contribution in [0.15, 0.2) is 18.2 Å². The van der Waals surface area contributed by atoms with Crippen LogP contribution >= 0.6 is 0 Å². The first-order valence-electron chi connectivity index (χ1n) is 10.3. The number of ether oxygens (including phenoxy) is 1. The molecule has 1 aromatic rings. The third-order valence-electron chi connectivity index (χ3n) is 6.31. The van der Waals surface area contributed by atoms with E-state index in [1.54, 1.807) is 0 Å². The summed E-state index contributed by atoms with van der Waals surface area (Å²) >= 11 is 0. The topological polar surface area (TPSA) is 44.8 Å². The number of nitrogens with zero attached hydrogens (tertiary/aromatic N) is 2. The highest BCUT2D eigenvalue weighted by Crippen LogP contribution is 2.41. The number of likely N-dealkylation sites (N-methyl/N-ethyl adjacent to an activating group) is 2. The van der Waals surface area contributed by atoms with E-state index in [0.717, 1.165) is 50.3 Å². The zero-order valence-corrected chi connectivity index (χ0v) is 17.4. The molecule has 1 spiro atoms. The van der Waals surface area contributed by atoms with Crippen LogP contribution in [0.4, 0.5) is 0 Å². The quantitative estimate of drug-likeness (QED) is 0.779. The van der Waals surface area contributed by atoms with Gasteiger partial charge in [0.25, 0.3) is 0 Å². The maximum atomic E-state index is 13.0. The van der Waals surface area contributed by atoms with E-state index in [4.69, 9.17) is 4.74 Å². The van der Waals surface area contributed by atoms with Gasteiger partial charge in [-0.25, -0.2) is 0 Å². The fourth-order valence-electron chi connectivity index (χ4n) is 4.58. The Morgan fingerprint density at radius 2 is 2.07 bits per heavy atom. The van der Waals surface area contributed by atoms with Crippen molar-refractivity contribution in [2.45, 2.75) is 45.6 Å². The molecule has 0 saturated carbocycles. The number of rotatable bonds is 6. The number of nitrogens with one attached hydrogen (secondary N) is 1. The van der Waals surface area contributed by atoms with Crippen molar-refractivity contribution in [3.63, 3.8) is 0 Å². The van der Waals surface area contributed by atoms with E-state index in [2.05, 4.69) is 49.3 Å². The maximum Gasteiger partial charge on any atom is 0.239 e. The van der Waals surface area contributed by atoms with Crippen LogP contribution in [0.1, 0.15) is 36.8 Å². The van der Waals surface area contributed by atoms with Crippen molar-refractivity contribution in [1.82, 2.24) is 15.1 Å². The normalized spacial score (nSPS) is 22.1. The van der Waals surface area contributed by atoms with Crippen LogP contribution in [-0.2, 0) is 4.79 Å². The molecule has 1 atom stereocenters. The molecular weight excluding hydrogens is 338 g/mol. The van der Waals surface area contributed by atoms with Gasteiger partial charge in [0.1, 0.15) is 5.75 Å². The van der Waals surface area contributed by atoms with Gasteiger partial charge >= 0.3 is 0 Å². The number of amides is 1. The van der Waals surface area contributed by atoms with Gasteiger partial charge in [-0.3, -0.25) is 9.69 Å². The molecule has 2 saturated heterocycles. The molecule has 5 nitrogen and oxygen atoms in total. The molecule has 0 unspecified atom stereocenters. The van der Waals surface area contributed by atoms with Gasteiger partial charge in [-0.05, 0) is 82.3 Å². The van der Waals surface area contributed by atoms with Crippen molar-refractivity contribution in [1.29, 1.82) is 0 Å². The molecule has 3 rings (SSSR count). The van der Waals surface area contributed by atoms with Crippen LogP contribution in [-0.4, -0.2) is 68.6 Å². The zero-order valence-electron chi connectivity index (χ0n) is 17.4. The smallest absolute Gasteiger partial charge is 0.239 e. The van der Waals surface area contributed by atoms with Crippen molar-refractivity contribution in [3.8, 4) is 5.75 Å². The molecular formula is C22H35N3O2. The van der Waals surface area contributed by atoms with Gasteiger partial charge in [0.2, 0.25) is 5.91 Å². The summed E-state index contributed by atoms with van der Waals surface area (Å²) in [4.78, 5) is 17.1. The lowest BCUT2D eigenvalue weighted by Crippen LogP contribution is -2.43. The van der Waals surface area contributed by atoms with Crippen molar-refractivity contribution < 1.29 is 9.53 Å². The lowest BCUT2D eigenvalue weighted by molar-refractivity contribution is -0.134. The molecule has 150 valence electrons. The SMILES string of the molecule is Cc1ccc(C)c(OCCCN(C)C(=O)[C@@H]2CC3(CCNCC3)CN2C)c1. The van der Waals surface area contributed by atoms with Crippen molar-refractivity contribution in [2.75, 3.05) is 46.9 Å². The van der Waals surface area contributed by atoms with Crippen LogP contribution in [0.5, 0.6) is 5.75 Å². The summed E-state index contributed by atoms with van der Waals surface area (Å²) in [6.07, 6.45) is 4.23. The monoisotopic (exact) mass is 373 g/mol. The van der Waals surface area contributed by atoms with Crippen LogP contribution < -0.4 is 10.1 Å². The van der Waals surface area contributed by atoms with E-state index in [0.29, 0.717) is 12.0 Å². The third kappa shape index (κ3) is 4.82. The first-order chi connectivity index (χ1) is 12.9. The zero-order chi connectivity index (χ0) is 19.4. The summed E-state index contributed by atoms with van der Waals surface area (Å²) in [7, 11) is 4.04. The Hall–Kier alpha value is -1.59. The molecule has 0 aromatic heterocycles. The minimum Gasteiger partial charge on any atom is -0.493 e. The molecule has 1 N–H and O–H groups in total. The highest BCUT2D eigenvalue weighted by atomic mass is 16.5. The Morgan fingerprint density at radius 3 is 2.81 bits per heavy atom. The van der Waals surface area contributed by atoms with Gasteiger partial charge in [0, 0.05) is 20.1 Å². The minimum absolute atomic E-state index is 0.0352. The fourth-order valence-corrected chi connectivity index (χ4v) is 4.58. The Bertz CT molecular complexity index is 655. The van der Waals surface area contributed by atoms with E-state index >= 15 is 0 Å². The number of hydrogen-bond donors (Lipinski definition) is 1. The molecule has 27 heavy (non-hydrogen) atoms. The second-order valence-electron chi connectivity index (χ2n) is 8.62. The molecule has 1 amide bonds. The molecule has 2 fully saturated rings. The van der Waals surface area contributed by atoms with Gasteiger partial charge in [0.05, 0.1) is 12.6 Å². The lowest BCUT2D eigenvalue weighted by Gasteiger charge is -2.33. The van der Waals surface area contributed by atoms with Gasteiger partial charge in [0.15, 0.2) is 0 Å². The average Bonchev–Trinajstić information content (AvgIpc) is 2.96. The standard InChI is InChI=1S/C22H35N3O2/c1-17-6-7-18(2)20(14-17)27-13-5-12-24(3)21(26)19-15-22(16-25(19)4)8-10-23-11-9-22/h6-7,14,19,23H,5,8-13,15-16H2,1-4H3/t19-/m0/s1.